The molecular weight excluding hydrogens is 331 g/mol. The van der Waals surface area contributed by atoms with Gasteiger partial charge in [0.05, 0.1) is 11.9 Å². The largest absolute Gasteiger partial charge is 0.350 e. The molecule has 0 spiro atoms. The summed E-state index contributed by atoms with van der Waals surface area (Å²) in [6.07, 6.45) is 1.72. The Morgan fingerprint density at radius 2 is 1.79 bits per heavy atom. The normalized spacial score (nSPS) is 12.8. The van der Waals surface area contributed by atoms with Crippen molar-refractivity contribution in [2.75, 3.05) is 17.1 Å². The standard InChI is InChI=1S/C17H27FN2O3S/c1-16(2,3)12-17(4,5)19-15(21)11-20(24(6,22)23)14-9-7-8-13(18)10-14/h7-10H,11-12H2,1-6H3,(H,19,21). The van der Waals surface area contributed by atoms with Gasteiger partial charge in [-0.05, 0) is 43.9 Å². The zero-order chi connectivity index (χ0) is 18.8. The van der Waals surface area contributed by atoms with E-state index in [9.17, 15) is 17.6 Å². The quantitative estimate of drug-likeness (QED) is 0.850. The highest BCUT2D eigenvalue weighted by Crippen LogP contribution is 2.27. The van der Waals surface area contributed by atoms with E-state index in [2.05, 4.69) is 26.1 Å². The molecular formula is C17H27FN2O3S. The first-order chi connectivity index (χ1) is 10.7. The van der Waals surface area contributed by atoms with E-state index in [0.717, 1.165) is 23.0 Å². The first kappa shape index (κ1) is 20.4. The third-order valence-corrected chi connectivity index (χ3v) is 4.37. The molecule has 0 heterocycles. The maximum Gasteiger partial charge on any atom is 0.241 e. The Morgan fingerprint density at radius 1 is 1.21 bits per heavy atom. The number of carbonyl (C=O) groups excluding carboxylic acids is 1. The molecule has 1 aromatic rings. The molecule has 0 aromatic heterocycles. The summed E-state index contributed by atoms with van der Waals surface area (Å²) in [5.74, 6) is -0.992. The van der Waals surface area contributed by atoms with E-state index >= 15 is 0 Å². The first-order valence-corrected chi connectivity index (χ1v) is 9.59. The molecule has 1 amide bonds. The minimum Gasteiger partial charge on any atom is -0.350 e. The molecule has 0 aliphatic carbocycles. The molecule has 0 fully saturated rings. The summed E-state index contributed by atoms with van der Waals surface area (Å²) in [7, 11) is -3.71. The molecule has 0 saturated heterocycles. The molecule has 0 aliphatic heterocycles. The van der Waals surface area contributed by atoms with Gasteiger partial charge in [0.1, 0.15) is 12.4 Å². The van der Waals surface area contributed by atoms with Gasteiger partial charge in [-0.15, -0.1) is 0 Å². The van der Waals surface area contributed by atoms with Gasteiger partial charge in [0.25, 0.3) is 0 Å². The van der Waals surface area contributed by atoms with Crippen molar-refractivity contribution in [3.05, 3.63) is 30.1 Å². The Balaban J connectivity index is 2.95. The van der Waals surface area contributed by atoms with Crippen molar-refractivity contribution in [2.45, 2.75) is 46.6 Å². The van der Waals surface area contributed by atoms with Crippen molar-refractivity contribution in [1.82, 2.24) is 5.32 Å². The average Bonchev–Trinajstić information content (AvgIpc) is 2.30. The predicted molar refractivity (Wildman–Crippen MR) is 94.9 cm³/mol. The van der Waals surface area contributed by atoms with Gasteiger partial charge in [0.2, 0.25) is 15.9 Å². The Kier molecular flexibility index (Phi) is 6.03. The first-order valence-electron chi connectivity index (χ1n) is 7.74. The van der Waals surface area contributed by atoms with E-state index in [4.69, 9.17) is 0 Å². The molecule has 1 rings (SSSR count). The Morgan fingerprint density at radius 3 is 2.25 bits per heavy atom. The van der Waals surface area contributed by atoms with Crippen LogP contribution in [0.1, 0.15) is 41.0 Å². The second kappa shape index (κ2) is 7.09. The monoisotopic (exact) mass is 358 g/mol. The zero-order valence-electron chi connectivity index (χ0n) is 15.2. The zero-order valence-corrected chi connectivity index (χ0v) is 16.0. The van der Waals surface area contributed by atoms with Crippen molar-refractivity contribution >= 4 is 21.6 Å². The van der Waals surface area contributed by atoms with Crippen molar-refractivity contribution in [2.24, 2.45) is 5.41 Å². The number of halogens is 1. The SMILES string of the molecule is CC(C)(C)CC(C)(C)NC(=O)CN(c1cccc(F)c1)S(C)(=O)=O. The number of benzene rings is 1. The predicted octanol–water partition coefficient (Wildman–Crippen LogP) is 2.92. The minimum atomic E-state index is -3.71. The number of hydrogen-bond acceptors (Lipinski definition) is 3. The number of hydrogen-bond donors (Lipinski definition) is 1. The highest BCUT2D eigenvalue weighted by atomic mass is 32.2. The molecule has 0 radical (unpaired) electrons. The van der Waals surface area contributed by atoms with Gasteiger partial charge >= 0.3 is 0 Å². The number of anilines is 1. The minimum absolute atomic E-state index is 0.00978. The number of nitrogens with one attached hydrogen (secondary N) is 1. The third-order valence-electron chi connectivity index (χ3n) is 3.23. The van der Waals surface area contributed by atoms with Gasteiger partial charge in [-0.3, -0.25) is 9.10 Å². The maximum absolute atomic E-state index is 13.4. The van der Waals surface area contributed by atoms with Gasteiger partial charge in [-0.2, -0.15) is 0 Å². The van der Waals surface area contributed by atoms with Crippen LogP contribution < -0.4 is 9.62 Å². The molecule has 0 aliphatic rings. The number of sulfonamides is 1. The number of rotatable bonds is 6. The fraction of sp³-hybridized carbons (Fsp3) is 0.588. The van der Waals surface area contributed by atoms with Gasteiger partial charge < -0.3 is 5.32 Å². The Hall–Kier alpha value is -1.63. The number of nitrogens with zero attached hydrogens (tertiary/aromatic N) is 1. The number of amides is 1. The Bertz CT molecular complexity index is 694. The van der Waals surface area contributed by atoms with E-state index in [1.165, 1.54) is 18.2 Å². The summed E-state index contributed by atoms with van der Waals surface area (Å²) in [6.45, 7) is 9.59. The van der Waals surface area contributed by atoms with Crippen LogP contribution in [0.3, 0.4) is 0 Å². The Labute approximate surface area is 144 Å². The fourth-order valence-corrected chi connectivity index (χ4v) is 3.80. The van der Waals surface area contributed by atoms with Crippen LogP contribution in [0.15, 0.2) is 24.3 Å². The molecule has 0 bridgehead atoms. The second-order valence-electron chi connectivity index (χ2n) is 7.92. The van der Waals surface area contributed by atoms with E-state index in [-0.39, 0.29) is 11.1 Å². The van der Waals surface area contributed by atoms with Gasteiger partial charge in [-0.25, -0.2) is 12.8 Å². The maximum atomic E-state index is 13.4. The van der Waals surface area contributed by atoms with Crippen LogP contribution in [0.25, 0.3) is 0 Å². The summed E-state index contributed by atoms with van der Waals surface area (Å²) in [4.78, 5) is 12.3. The van der Waals surface area contributed by atoms with Gasteiger partial charge in [0.15, 0.2) is 0 Å². The third kappa shape index (κ3) is 6.86. The molecule has 1 N–H and O–H groups in total. The molecule has 5 nitrogen and oxygen atoms in total. The number of carbonyl (C=O) groups is 1. The molecule has 0 unspecified atom stereocenters. The van der Waals surface area contributed by atoms with Crippen LogP contribution in [0.4, 0.5) is 10.1 Å². The van der Waals surface area contributed by atoms with E-state index in [0.29, 0.717) is 0 Å². The summed E-state index contributed by atoms with van der Waals surface area (Å²) >= 11 is 0. The summed E-state index contributed by atoms with van der Waals surface area (Å²) in [5.41, 5.74) is -0.350. The summed E-state index contributed by atoms with van der Waals surface area (Å²) in [6, 6.07) is 5.17. The summed E-state index contributed by atoms with van der Waals surface area (Å²) in [5, 5.41) is 2.86. The van der Waals surface area contributed by atoms with Crippen LogP contribution in [0, 0.1) is 11.2 Å². The van der Waals surface area contributed by atoms with Crippen LogP contribution in [0.2, 0.25) is 0 Å². The smallest absolute Gasteiger partial charge is 0.241 e. The highest BCUT2D eigenvalue weighted by molar-refractivity contribution is 7.92. The summed E-state index contributed by atoms with van der Waals surface area (Å²) < 4.78 is 38.3. The van der Waals surface area contributed by atoms with Crippen LogP contribution in [-0.2, 0) is 14.8 Å². The highest BCUT2D eigenvalue weighted by Gasteiger charge is 2.29. The van der Waals surface area contributed by atoms with E-state index in [1.807, 2.05) is 13.8 Å². The molecule has 7 heteroatoms. The van der Waals surface area contributed by atoms with Crippen molar-refractivity contribution in [1.29, 1.82) is 0 Å². The van der Waals surface area contributed by atoms with Crippen LogP contribution in [-0.4, -0.2) is 32.7 Å². The van der Waals surface area contributed by atoms with E-state index < -0.39 is 33.8 Å². The van der Waals surface area contributed by atoms with Crippen molar-refractivity contribution in [3.8, 4) is 0 Å². The molecule has 136 valence electrons. The van der Waals surface area contributed by atoms with Crippen LogP contribution >= 0.6 is 0 Å². The molecule has 0 saturated carbocycles. The van der Waals surface area contributed by atoms with Gasteiger partial charge in [-0.1, -0.05) is 26.8 Å². The topological polar surface area (TPSA) is 66.5 Å². The van der Waals surface area contributed by atoms with Crippen molar-refractivity contribution < 1.29 is 17.6 Å². The lowest BCUT2D eigenvalue weighted by molar-refractivity contribution is -0.121. The lowest BCUT2D eigenvalue weighted by Crippen LogP contribution is -2.50. The average molecular weight is 358 g/mol. The fourth-order valence-electron chi connectivity index (χ4n) is 2.95. The van der Waals surface area contributed by atoms with Crippen molar-refractivity contribution in [3.63, 3.8) is 0 Å². The molecule has 24 heavy (non-hydrogen) atoms. The lowest BCUT2D eigenvalue weighted by Gasteiger charge is -2.34. The second-order valence-corrected chi connectivity index (χ2v) is 9.83. The van der Waals surface area contributed by atoms with Crippen LogP contribution in [0.5, 0.6) is 0 Å². The molecule has 1 aromatic carbocycles. The molecule has 0 atom stereocenters. The lowest BCUT2D eigenvalue weighted by atomic mass is 9.82. The van der Waals surface area contributed by atoms with Gasteiger partial charge in [0, 0.05) is 5.54 Å². The van der Waals surface area contributed by atoms with E-state index in [1.54, 1.807) is 0 Å².